The van der Waals surface area contributed by atoms with Crippen molar-refractivity contribution >= 4 is 45.4 Å². The number of amides is 1. The van der Waals surface area contributed by atoms with E-state index < -0.39 is 35.2 Å². The summed E-state index contributed by atoms with van der Waals surface area (Å²) >= 11 is 1.43. The molecule has 2 atom stereocenters. The minimum absolute atomic E-state index is 0.000527. The van der Waals surface area contributed by atoms with E-state index in [4.69, 9.17) is 0 Å². The molecule has 0 bridgehead atoms. The van der Waals surface area contributed by atoms with Gasteiger partial charge in [0, 0.05) is 23.5 Å². The Labute approximate surface area is 198 Å². The van der Waals surface area contributed by atoms with Crippen molar-refractivity contribution in [2.45, 2.75) is 24.9 Å². The number of hydrogen-bond donors (Lipinski definition) is 3. The molecule has 0 spiro atoms. The van der Waals surface area contributed by atoms with Crippen molar-refractivity contribution in [1.82, 2.24) is 19.9 Å². The third-order valence-corrected chi connectivity index (χ3v) is 6.39. The molecule has 1 amide bonds. The highest BCUT2D eigenvalue weighted by atomic mass is 32.2. The lowest BCUT2D eigenvalue weighted by atomic mass is 10.0. The molecule has 2 aromatic carbocycles. The first-order valence-electron chi connectivity index (χ1n) is 10.7. The minimum atomic E-state index is -1.42. The van der Waals surface area contributed by atoms with Crippen molar-refractivity contribution in [2.24, 2.45) is 0 Å². The van der Waals surface area contributed by atoms with Crippen LogP contribution in [0.15, 0.2) is 64.3 Å². The Hall–Kier alpha value is -3.79. The Balaban J connectivity index is 1.81. The monoisotopic (exact) mass is 479 g/mol. The lowest BCUT2D eigenvalue weighted by molar-refractivity contribution is -0.308. The van der Waals surface area contributed by atoms with Crippen molar-refractivity contribution in [3.05, 3.63) is 81.1 Å². The number of aliphatic carboxylic acids is 1. The summed E-state index contributed by atoms with van der Waals surface area (Å²) in [6, 6.07) is 11.4. The Morgan fingerprint density at radius 3 is 2.44 bits per heavy atom. The molecule has 0 unspecified atom stereocenters. The van der Waals surface area contributed by atoms with Crippen molar-refractivity contribution in [3.8, 4) is 0 Å². The molecule has 0 aliphatic rings. The van der Waals surface area contributed by atoms with Gasteiger partial charge in [-0.15, -0.1) is 0 Å². The van der Waals surface area contributed by atoms with Crippen LogP contribution in [0.25, 0.3) is 21.8 Å². The first kappa shape index (κ1) is 23.4. The van der Waals surface area contributed by atoms with Crippen molar-refractivity contribution in [3.63, 3.8) is 0 Å². The lowest BCUT2D eigenvalue weighted by Crippen LogP contribution is -2.52. The fraction of sp³-hybridized carbons (Fsp3) is 0.250. The van der Waals surface area contributed by atoms with Crippen LogP contribution in [-0.4, -0.2) is 44.5 Å². The lowest BCUT2D eigenvalue weighted by Gasteiger charge is -2.24. The number of nitrogens with one attached hydrogen (secondary N) is 3. The molecule has 0 saturated heterocycles. The molecule has 2 heterocycles. The van der Waals surface area contributed by atoms with Crippen LogP contribution in [0.3, 0.4) is 0 Å². The van der Waals surface area contributed by atoms with E-state index in [1.54, 1.807) is 30.5 Å². The Morgan fingerprint density at radius 1 is 1.06 bits per heavy atom. The molecule has 2 aromatic heterocycles. The molecular formula is C24H23N4O5S-. The van der Waals surface area contributed by atoms with Gasteiger partial charge in [-0.2, -0.15) is 11.8 Å². The summed E-state index contributed by atoms with van der Waals surface area (Å²) in [5.74, 6) is -1.68. The molecule has 3 N–H and O–H groups in total. The van der Waals surface area contributed by atoms with E-state index in [1.165, 1.54) is 11.8 Å². The molecule has 0 radical (unpaired) electrons. The Bertz CT molecular complexity index is 1470. The largest absolute Gasteiger partial charge is 0.548 e. The average Bonchev–Trinajstić information content (AvgIpc) is 3.23. The summed E-state index contributed by atoms with van der Waals surface area (Å²) in [5.41, 5.74) is 0.521. The van der Waals surface area contributed by atoms with E-state index in [0.717, 1.165) is 15.5 Å². The van der Waals surface area contributed by atoms with Gasteiger partial charge in [-0.25, -0.2) is 9.36 Å². The van der Waals surface area contributed by atoms with Gasteiger partial charge in [0.15, 0.2) is 0 Å². The Morgan fingerprint density at radius 2 is 1.74 bits per heavy atom. The normalized spacial score (nSPS) is 13.1. The number of H-pyrrole nitrogens is 2. The van der Waals surface area contributed by atoms with E-state index in [0.29, 0.717) is 16.8 Å². The highest BCUT2D eigenvalue weighted by molar-refractivity contribution is 7.98. The van der Waals surface area contributed by atoms with Crippen LogP contribution in [0.4, 0.5) is 0 Å². The highest BCUT2D eigenvalue weighted by Crippen LogP contribution is 2.22. The molecule has 9 nitrogen and oxygen atoms in total. The SMILES string of the molecule is CSCC[C@H](NC(=O)[C@H](Cc1c[nH]c2ccccc12)n1c(=O)[nH]c2ccccc2c1=O)C(=O)[O-]. The quantitative estimate of drug-likeness (QED) is 0.326. The Kier molecular flexibility index (Phi) is 6.87. The maximum Gasteiger partial charge on any atom is 0.329 e. The van der Waals surface area contributed by atoms with Crippen LogP contribution in [0.5, 0.6) is 0 Å². The number of aromatic nitrogens is 3. The second-order valence-corrected chi connectivity index (χ2v) is 8.88. The van der Waals surface area contributed by atoms with Gasteiger partial charge in [-0.3, -0.25) is 9.59 Å². The molecule has 0 saturated carbocycles. The molecule has 176 valence electrons. The maximum atomic E-state index is 13.4. The second-order valence-electron chi connectivity index (χ2n) is 7.89. The number of rotatable bonds is 9. The number of thioether (sulfide) groups is 1. The zero-order valence-corrected chi connectivity index (χ0v) is 19.2. The smallest absolute Gasteiger partial charge is 0.329 e. The molecule has 34 heavy (non-hydrogen) atoms. The first-order valence-corrected chi connectivity index (χ1v) is 12.1. The zero-order valence-electron chi connectivity index (χ0n) is 18.4. The van der Waals surface area contributed by atoms with E-state index in [-0.39, 0.29) is 18.2 Å². The highest BCUT2D eigenvalue weighted by Gasteiger charge is 2.28. The first-order chi connectivity index (χ1) is 16.4. The number of fused-ring (bicyclic) bond motifs is 2. The maximum absolute atomic E-state index is 13.4. The van der Waals surface area contributed by atoms with E-state index in [2.05, 4.69) is 15.3 Å². The molecule has 0 aliphatic heterocycles. The number of carbonyl (C=O) groups excluding carboxylic acids is 2. The summed E-state index contributed by atoms with van der Waals surface area (Å²) in [6.07, 6.45) is 3.69. The van der Waals surface area contributed by atoms with Crippen LogP contribution < -0.4 is 21.7 Å². The van der Waals surface area contributed by atoms with Crippen LogP contribution in [0.2, 0.25) is 0 Å². The van der Waals surface area contributed by atoms with Gasteiger partial charge in [0.25, 0.3) is 5.56 Å². The number of benzene rings is 2. The predicted octanol–water partition coefficient (Wildman–Crippen LogP) is 0.943. The topological polar surface area (TPSA) is 140 Å². The third kappa shape index (κ3) is 4.62. The van der Waals surface area contributed by atoms with Crippen molar-refractivity contribution < 1.29 is 14.7 Å². The summed E-state index contributed by atoms with van der Waals surface area (Å²) in [4.78, 5) is 57.1. The molecule has 10 heteroatoms. The van der Waals surface area contributed by atoms with Crippen LogP contribution in [-0.2, 0) is 16.0 Å². The van der Waals surface area contributed by atoms with Crippen LogP contribution in [0.1, 0.15) is 18.0 Å². The van der Waals surface area contributed by atoms with Gasteiger partial charge >= 0.3 is 5.69 Å². The fourth-order valence-corrected chi connectivity index (χ4v) is 4.49. The van der Waals surface area contributed by atoms with E-state index in [1.807, 2.05) is 30.5 Å². The fourth-order valence-electron chi connectivity index (χ4n) is 4.02. The molecule has 0 fully saturated rings. The van der Waals surface area contributed by atoms with Crippen LogP contribution >= 0.6 is 11.8 Å². The number of carboxylic acid groups (broad SMARTS) is 1. The molecular weight excluding hydrogens is 456 g/mol. The molecule has 4 rings (SSSR count). The number of carboxylic acids is 1. The molecule has 0 aliphatic carbocycles. The van der Waals surface area contributed by atoms with E-state index >= 15 is 0 Å². The second kappa shape index (κ2) is 10.0. The standard InChI is InChI=1S/C24H24N4O5S/c1-34-11-10-19(23(31)32)26-21(29)20(12-14-13-25-17-8-4-2-6-15(14)17)28-22(30)16-7-3-5-9-18(16)27-24(28)33/h2-9,13,19-20,25H,10-12H2,1H3,(H,26,29)(H,27,33)(H,31,32)/p-1/t19-,20-/m0/s1. The summed E-state index contributed by atoms with van der Waals surface area (Å²) in [6.45, 7) is 0. The number of aromatic amines is 2. The number of carbonyl (C=O) groups is 2. The summed E-state index contributed by atoms with van der Waals surface area (Å²) in [5, 5.41) is 15.2. The van der Waals surface area contributed by atoms with Gasteiger partial charge in [-0.1, -0.05) is 30.3 Å². The predicted molar refractivity (Wildman–Crippen MR) is 130 cm³/mol. The zero-order chi connectivity index (χ0) is 24.2. The average molecular weight is 480 g/mol. The van der Waals surface area contributed by atoms with Crippen molar-refractivity contribution in [1.29, 1.82) is 0 Å². The summed E-state index contributed by atoms with van der Waals surface area (Å²) in [7, 11) is 0. The van der Waals surface area contributed by atoms with Gasteiger partial charge in [0.05, 0.1) is 22.9 Å². The van der Waals surface area contributed by atoms with Crippen LogP contribution in [0, 0.1) is 0 Å². The minimum Gasteiger partial charge on any atom is -0.548 e. The number of hydrogen-bond acceptors (Lipinski definition) is 6. The van der Waals surface area contributed by atoms with Crippen molar-refractivity contribution in [2.75, 3.05) is 12.0 Å². The number of para-hydroxylation sites is 2. The van der Waals surface area contributed by atoms with E-state index in [9.17, 15) is 24.3 Å². The van der Waals surface area contributed by atoms with Gasteiger partial charge in [0.2, 0.25) is 5.91 Å². The summed E-state index contributed by atoms with van der Waals surface area (Å²) < 4.78 is 0.861. The third-order valence-electron chi connectivity index (χ3n) is 5.75. The van der Waals surface area contributed by atoms with Gasteiger partial charge < -0.3 is 25.2 Å². The van der Waals surface area contributed by atoms with Gasteiger partial charge in [-0.05, 0) is 42.2 Å². The van der Waals surface area contributed by atoms with Gasteiger partial charge in [0.1, 0.15) is 6.04 Å². The molecule has 4 aromatic rings. The number of nitrogens with zero attached hydrogens (tertiary/aromatic N) is 1.